The number of rotatable bonds is 9. The molecule has 1 aliphatic heterocycles. The molecule has 0 saturated carbocycles. The molecule has 6 heteroatoms. The zero-order chi connectivity index (χ0) is 18.6. The van der Waals surface area contributed by atoms with Crippen molar-refractivity contribution in [2.75, 3.05) is 40.0 Å². The van der Waals surface area contributed by atoms with E-state index in [1.54, 1.807) is 7.05 Å². The number of aryl methyl sites for hydroxylation is 1. The molecule has 0 spiro atoms. The molecule has 26 heavy (non-hydrogen) atoms. The van der Waals surface area contributed by atoms with Gasteiger partial charge in [-0.3, -0.25) is 4.99 Å². The van der Waals surface area contributed by atoms with Crippen LogP contribution in [0, 0.1) is 6.92 Å². The Bertz CT molecular complexity index is 545. The van der Waals surface area contributed by atoms with Gasteiger partial charge >= 0.3 is 0 Å². The predicted molar refractivity (Wildman–Crippen MR) is 105 cm³/mol. The minimum absolute atomic E-state index is 0.0483. The van der Waals surface area contributed by atoms with Crippen LogP contribution < -0.4 is 15.4 Å². The largest absolute Gasteiger partial charge is 0.489 e. The fourth-order valence-electron chi connectivity index (χ4n) is 2.80. The molecular formula is C20H33N3O3. The van der Waals surface area contributed by atoms with Gasteiger partial charge in [-0.2, -0.15) is 0 Å². The Balaban J connectivity index is 1.56. The van der Waals surface area contributed by atoms with Crippen LogP contribution in [0.15, 0.2) is 29.3 Å². The number of aliphatic imine (C=N–C) groups is 1. The second-order valence-corrected chi connectivity index (χ2v) is 6.66. The summed E-state index contributed by atoms with van der Waals surface area (Å²) in [6, 6.07) is 8.10. The van der Waals surface area contributed by atoms with Gasteiger partial charge in [0.1, 0.15) is 11.9 Å². The molecule has 0 amide bonds. The molecule has 1 aromatic rings. The molecule has 1 fully saturated rings. The van der Waals surface area contributed by atoms with Crippen LogP contribution in [0.1, 0.15) is 31.7 Å². The highest BCUT2D eigenvalue weighted by Crippen LogP contribution is 2.14. The molecule has 0 bridgehead atoms. The van der Waals surface area contributed by atoms with E-state index in [2.05, 4.69) is 28.6 Å². The van der Waals surface area contributed by atoms with Gasteiger partial charge in [0.05, 0.1) is 12.6 Å². The molecule has 1 unspecified atom stereocenters. The molecule has 2 N–H and O–H groups in total. The standard InChI is InChI=1S/C20H33N3O3/c1-16-6-4-7-19(14-16)26-17(2)15-23-20(21-3)22-10-5-11-25-18-8-12-24-13-9-18/h4,6-7,14,17-18H,5,8-13,15H2,1-3H3,(H2,21,22,23). The van der Waals surface area contributed by atoms with Crippen molar-refractivity contribution in [2.24, 2.45) is 4.99 Å². The van der Waals surface area contributed by atoms with Gasteiger partial charge in [0.2, 0.25) is 0 Å². The number of nitrogens with zero attached hydrogens (tertiary/aromatic N) is 1. The van der Waals surface area contributed by atoms with E-state index in [1.165, 1.54) is 5.56 Å². The van der Waals surface area contributed by atoms with E-state index in [4.69, 9.17) is 14.2 Å². The number of benzene rings is 1. The fraction of sp³-hybridized carbons (Fsp3) is 0.650. The summed E-state index contributed by atoms with van der Waals surface area (Å²) in [4.78, 5) is 4.25. The number of nitrogens with one attached hydrogen (secondary N) is 2. The molecule has 1 saturated heterocycles. The number of guanidine groups is 1. The predicted octanol–water partition coefficient (Wildman–Crippen LogP) is 2.51. The quantitative estimate of drug-likeness (QED) is 0.401. The van der Waals surface area contributed by atoms with E-state index in [0.29, 0.717) is 12.6 Å². The lowest BCUT2D eigenvalue weighted by atomic mass is 10.1. The van der Waals surface area contributed by atoms with Crippen molar-refractivity contribution in [1.82, 2.24) is 10.6 Å². The first-order chi connectivity index (χ1) is 12.7. The third kappa shape index (κ3) is 8.06. The third-order valence-corrected chi connectivity index (χ3v) is 4.24. The highest BCUT2D eigenvalue weighted by Gasteiger charge is 2.13. The maximum absolute atomic E-state index is 5.92. The average molecular weight is 364 g/mol. The van der Waals surface area contributed by atoms with E-state index in [-0.39, 0.29) is 6.10 Å². The van der Waals surface area contributed by atoms with E-state index >= 15 is 0 Å². The summed E-state index contributed by atoms with van der Waals surface area (Å²) < 4.78 is 17.1. The van der Waals surface area contributed by atoms with Crippen LogP contribution in [0.4, 0.5) is 0 Å². The summed E-state index contributed by atoms with van der Waals surface area (Å²) in [6.07, 6.45) is 3.38. The van der Waals surface area contributed by atoms with E-state index < -0.39 is 0 Å². The Kier molecular flexibility index (Phi) is 9.28. The van der Waals surface area contributed by atoms with Crippen molar-refractivity contribution in [3.05, 3.63) is 29.8 Å². The Morgan fingerprint density at radius 2 is 2.12 bits per heavy atom. The van der Waals surface area contributed by atoms with Crippen LogP contribution in [-0.4, -0.2) is 58.1 Å². The first-order valence-corrected chi connectivity index (χ1v) is 9.54. The number of hydrogen-bond acceptors (Lipinski definition) is 4. The Morgan fingerprint density at radius 3 is 2.85 bits per heavy atom. The van der Waals surface area contributed by atoms with Gasteiger partial charge in [0.15, 0.2) is 5.96 Å². The van der Waals surface area contributed by atoms with E-state index in [1.807, 2.05) is 25.1 Å². The van der Waals surface area contributed by atoms with E-state index in [9.17, 15) is 0 Å². The molecule has 1 atom stereocenters. The van der Waals surface area contributed by atoms with Crippen molar-refractivity contribution in [3.63, 3.8) is 0 Å². The summed E-state index contributed by atoms with van der Waals surface area (Å²) >= 11 is 0. The van der Waals surface area contributed by atoms with Crippen LogP contribution in [0.2, 0.25) is 0 Å². The van der Waals surface area contributed by atoms with Crippen molar-refractivity contribution < 1.29 is 14.2 Å². The zero-order valence-corrected chi connectivity index (χ0v) is 16.3. The Labute approximate surface area is 157 Å². The second kappa shape index (κ2) is 11.8. The van der Waals surface area contributed by atoms with Crippen molar-refractivity contribution in [1.29, 1.82) is 0 Å². The molecule has 1 aromatic carbocycles. The molecule has 0 aromatic heterocycles. The minimum atomic E-state index is 0.0483. The molecule has 1 heterocycles. The van der Waals surface area contributed by atoms with Gasteiger partial charge in [-0.25, -0.2) is 0 Å². The van der Waals surface area contributed by atoms with Gasteiger partial charge < -0.3 is 24.8 Å². The maximum Gasteiger partial charge on any atom is 0.191 e. The molecule has 6 nitrogen and oxygen atoms in total. The first-order valence-electron chi connectivity index (χ1n) is 9.54. The average Bonchev–Trinajstić information content (AvgIpc) is 2.65. The third-order valence-electron chi connectivity index (χ3n) is 4.24. The van der Waals surface area contributed by atoms with Gasteiger partial charge in [-0.15, -0.1) is 0 Å². The van der Waals surface area contributed by atoms with Crippen LogP contribution >= 0.6 is 0 Å². The maximum atomic E-state index is 5.92. The summed E-state index contributed by atoms with van der Waals surface area (Å²) in [6.45, 7) is 8.03. The van der Waals surface area contributed by atoms with Crippen LogP contribution in [0.5, 0.6) is 5.75 Å². The lowest BCUT2D eigenvalue weighted by Gasteiger charge is -2.22. The SMILES string of the molecule is CN=C(NCCCOC1CCOCC1)NCC(C)Oc1cccc(C)c1. The van der Waals surface area contributed by atoms with Crippen molar-refractivity contribution >= 4 is 5.96 Å². The topological polar surface area (TPSA) is 64.1 Å². The lowest BCUT2D eigenvalue weighted by Crippen LogP contribution is -2.42. The van der Waals surface area contributed by atoms with Gasteiger partial charge in [0, 0.05) is 33.4 Å². The number of hydrogen-bond donors (Lipinski definition) is 2. The highest BCUT2D eigenvalue weighted by molar-refractivity contribution is 5.79. The molecule has 146 valence electrons. The van der Waals surface area contributed by atoms with Gasteiger partial charge in [-0.1, -0.05) is 12.1 Å². The van der Waals surface area contributed by atoms with Gasteiger partial charge in [-0.05, 0) is 50.8 Å². The highest BCUT2D eigenvalue weighted by atomic mass is 16.5. The Hall–Kier alpha value is -1.79. The summed E-state index contributed by atoms with van der Waals surface area (Å²) in [5, 5.41) is 6.62. The minimum Gasteiger partial charge on any atom is -0.489 e. The second-order valence-electron chi connectivity index (χ2n) is 6.66. The summed E-state index contributed by atoms with van der Waals surface area (Å²) in [5.41, 5.74) is 1.20. The molecule has 1 aliphatic rings. The Morgan fingerprint density at radius 1 is 1.31 bits per heavy atom. The molecule has 0 radical (unpaired) electrons. The van der Waals surface area contributed by atoms with Crippen molar-refractivity contribution in [2.45, 2.75) is 45.3 Å². The zero-order valence-electron chi connectivity index (χ0n) is 16.3. The smallest absolute Gasteiger partial charge is 0.191 e. The van der Waals surface area contributed by atoms with Gasteiger partial charge in [0.25, 0.3) is 0 Å². The van der Waals surface area contributed by atoms with Crippen LogP contribution in [0.3, 0.4) is 0 Å². The molecule has 0 aliphatic carbocycles. The van der Waals surface area contributed by atoms with E-state index in [0.717, 1.165) is 57.3 Å². The first kappa shape index (κ1) is 20.5. The summed E-state index contributed by atoms with van der Waals surface area (Å²) in [7, 11) is 1.78. The van der Waals surface area contributed by atoms with Crippen LogP contribution in [-0.2, 0) is 9.47 Å². The lowest BCUT2D eigenvalue weighted by molar-refractivity contribution is -0.0320. The summed E-state index contributed by atoms with van der Waals surface area (Å²) in [5.74, 6) is 1.68. The molecule has 2 rings (SSSR count). The normalized spacial score (nSPS) is 17.0. The van der Waals surface area contributed by atoms with Crippen molar-refractivity contribution in [3.8, 4) is 5.75 Å². The fourth-order valence-corrected chi connectivity index (χ4v) is 2.80. The molecular weight excluding hydrogens is 330 g/mol. The van der Waals surface area contributed by atoms with Crippen LogP contribution in [0.25, 0.3) is 0 Å². The monoisotopic (exact) mass is 363 g/mol. The number of ether oxygens (including phenoxy) is 3.